The van der Waals surface area contributed by atoms with Gasteiger partial charge in [0.05, 0.1) is 11.6 Å². The Labute approximate surface area is 111 Å². The van der Waals surface area contributed by atoms with Gasteiger partial charge in [-0.1, -0.05) is 35.0 Å². The molecule has 1 aromatic carbocycles. The molecule has 2 aromatic rings. The lowest BCUT2D eigenvalue weighted by Gasteiger charge is -2.04. The van der Waals surface area contributed by atoms with Gasteiger partial charge in [-0.15, -0.1) is 0 Å². The van der Waals surface area contributed by atoms with Crippen molar-refractivity contribution in [3.05, 3.63) is 40.6 Å². The highest BCUT2D eigenvalue weighted by molar-refractivity contribution is 6.33. The summed E-state index contributed by atoms with van der Waals surface area (Å²) in [7, 11) is 1.68. The fraction of sp³-hybridized carbons (Fsp3) is 0.357. The topological polar surface area (TPSA) is 35.3 Å². The Morgan fingerprint density at radius 1 is 1.39 bits per heavy atom. The Bertz CT molecular complexity index is 561. The molecule has 1 aromatic heterocycles. The molecule has 0 bridgehead atoms. The number of hydrogen-bond donors (Lipinski definition) is 0. The monoisotopic (exact) mass is 263 g/mol. The summed E-state index contributed by atoms with van der Waals surface area (Å²) in [5.74, 6) is 1.48. The summed E-state index contributed by atoms with van der Waals surface area (Å²) in [4.78, 5) is 0. The molecular weight excluding hydrogens is 250 g/mol. The van der Waals surface area contributed by atoms with Crippen LogP contribution < -0.4 is 0 Å². The molecule has 1 heterocycles. The predicted molar refractivity (Wildman–Crippen MR) is 69.6 cm³/mol. The Kier molecular flexibility index (Phi) is 3.10. The molecule has 3 rings (SSSR count). The molecule has 0 aliphatic heterocycles. The fourth-order valence-corrected chi connectivity index (χ4v) is 2.36. The van der Waals surface area contributed by atoms with Crippen molar-refractivity contribution in [2.75, 3.05) is 7.11 Å². The van der Waals surface area contributed by atoms with Crippen LogP contribution in [-0.4, -0.2) is 12.3 Å². The van der Waals surface area contributed by atoms with Gasteiger partial charge < -0.3 is 9.26 Å². The minimum absolute atomic E-state index is 0.510. The molecule has 1 fully saturated rings. The molecule has 3 nitrogen and oxygen atoms in total. The van der Waals surface area contributed by atoms with Crippen molar-refractivity contribution in [2.45, 2.75) is 25.4 Å². The van der Waals surface area contributed by atoms with Gasteiger partial charge in [0.1, 0.15) is 11.5 Å². The van der Waals surface area contributed by atoms with E-state index in [-0.39, 0.29) is 0 Å². The van der Waals surface area contributed by atoms with Gasteiger partial charge in [0.25, 0.3) is 0 Å². The van der Waals surface area contributed by atoms with Gasteiger partial charge >= 0.3 is 0 Å². The second-order valence-corrected chi connectivity index (χ2v) is 4.97. The lowest BCUT2D eigenvalue weighted by Crippen LogP contribution is -1.93. The van der Waals surface area contributed by atoms with E-state index in [9.17, 15) is 0 Å². The molecule has 0 saturated heterocycles. The van der Waals surface area contributed by atoms with Crippen LogP contribution in [0.15, 0.2) is 28.8 Å². The maximum Gasteiger partial charge on any atom is 0.145 e. The summed E-state index contributed by atoms with van der Waals surface area (Å²) in [6.45, 7) is 0.510. The van der Waals surface area contributed by atoms with Crippen molar-refractivity contribution in [1.29, 1.82) is 0 Å². The standard InChI is InChI=1S/C14H14ClNO2/c1-17-8-11-13(10-4-2-3-5-12(10)15)16-18-14(11)9-6-7-9/h2-5,9H,6-8H2,1H3. The van der Waals surface area contributed by atoms with Crippen molar-refractivity contribution in [3.63, 3.8) is 0 Å². The number of halogens is 1. The van der Waals surface area contributed by atoms with Gasteiger partial charge in [-0.25, -0.2) is 0 Å². The van der Waals surface area contributed by atoms with E-state index in [0.717, 1.165) is 22.6 Å². The van der Waals surface area contributed by atoms with Crippen LogP contribution >= 0.6 is 11.6 Å². The van der Waals surface area contributed by atoms with Gasteiger partial charge in [0.15, 0.2) is 0 Å². The van der Waals surface area contributed by atoms with Gasteiger partial charge in [0.2, 0.25) is 0 Å². The number of benzene rings is 1. The maximum atomic E-state index is 6.21. The fourth-order valence-electron chi connectivity index (χ4n) is 2.14. The summed E-state index contributed by atoms with van der Waals surface area (Å²) in [5, 5.41) is 4.87. The third-order valence-electron chi connectivity index (χ3n) is 3.18. The van der Waals surface area contributed by atoms with Gasteiger partial charge in [-0.3, -0.25) is 0 Å². The summed E-state index contributed by atoms with van der Waals surface area (Å²) < 4.78 is 10.8. The molecule has 94 valence electrons. The van der Waals surface area contributed by atoms with E-state index in [1.54, 1.807) is 7.11 Å². The van der Waals surface area contributed by atoms with E-state index in [1.165, 1.54) is 12.8 Å². The summed E-state index contributed by atoms with van der Waals surface area (Å²) in [6.07, 6.45) is 2.35. The average molecular weight is 264 g/mol. The Balaban J connectivity index is 2.08. The third-order valence-corrected chi connectivity index (χ3v) is 3.51. The predicted octanol–water partition coefficient (Wildman–Crippen LogP) is 4.02. The highest BCUT2D eigenvalue weighted by atomic mass is 35.5. The first-order chi connectivity index (χ1) is 8.81. The molecule has 0 N–H and O–H groups in total. The molecule has 0 amide bonds. The molecule has 1 aliphatic carbocycles. The largest absolute Gasteiger partial charge is 0.380 e. The zero-order chi connectivity index (χ0) is 12.5. The molecule has 1 aliphatic rings. The number of methoxy groups -OCH3 is 1. The molecule has 0 unspecified atom stereocenters. The van der Waals surface area contributed by atoms with E-state index in [1.807, 2.05) is 24.3 Å². The van der Waals surface area contributed by atoms with Crippen molar-refractivity contribution >= 4 is 11.6 Å². The highest BCUT2D eigenvalue weighted by Gasteiger charge is 2.32. The van der Waals surface area contributed by atoms with Crippen molar-refractivity contribution in [3.8, 4) is 11.3 Å². The van der Waals surface area contributed by atoms with Crippen LogP contribution in [0.1, 0.15) is 30.1 Å². The average Bonchev–Trinajstić information content (AvgIpc) is 3.13. The molecule has 0 atom stereocenters. The smallest absolute Gasteiger partial charge is 0.145 e. The highest BCUT2D eigenvalue weighted by Crippen LogP contribution is 2.44. The van der Waals surface area contributed by atoms with E-state index >= 15 is 0 Å². The van der Waals surface area contributed by atoms with Crippen LogP contribution in [0.25, 0.3) is 11.3 Å². The van der Waals surface area contributed by atoms with E-state index in [0.29, 0.717) is 17.5 Å². The molecule has 4 heteroatoms. The van der Waals surface area contributed by atoms with Crippen LogP contribution in [-0.2, 0) is 11.3 Å². The SMILES string of the molecule is COCc1c(-c2ccccc2Cl)noc1C1CC1. The third kappa shape index (κ3) is 2.04. The maximum absolute atomic E-state index is 6.21. The molecule has 1 saturated carbocycles. The summed E-state index contributed by atoms with van der Waals surface area (Å²) in [6, 6.07) is 7.67. The second-order valence-electron chi connectivity index (χ2n) is 4.56. The number of hydrogen-bond acceptors (Lipinski definition) is 3. The van der Waals surface area contributed by atoms with Crippen LogP contribution in [0.4, 0.5) is 0 Å². The molecule has 0 spiro atoms. The van der Waals surface area contributed by atoms with Gasteiger partial charge in [-0.2, -0.15) is 0 Å². The minimum Gasteiger partial charge on any atom is -0.380 e. The zero-order valence-corrected chi connectivity index (χ0v) is 10.9. The first-order valence-electron chi connectivity index (χ1n) is 6.03. The first-order valence-corrected chi connectivity index (χ1v) is 6.41. The normalized spacial score (nSPS) is 15.0. The number of nitrogens with zero attached hydrogens (tertiary/aromatic N) is 1. The Morgan fingerprint density at radius 2 is 2.17 bits per heavy atom. The number of rotatable bonds is 4. The molecule has 18 heavy (non-hydrogen) atoms. The second kappa shape index (κ2) is 4.75. The minimum atomic E-state index is 0.510. The summed E-state index contributed by atoms with van der Waals surface area (Å²) >= 11 is 6.21. The lowest BCUT2D eigenvalue weighted by atomic mass is 10.0. The Hall–Kier alpha value is -1.32. The van der Waals surface area contributed by atoms with E-state index in [2.05, 4.69) is 5.16 Å². The van der Waals surface area contributed by atoms with E-state index in [4.69, 9.17) is 20.9 Å². The Morgan fingerprint density at radius 3 is 2.83 bits per heavy atom. The van der Waals surface area contributed by atoms with Gasteiger partial charge in [-0.05, 0) is 18.9 Å². The van der Waals surface area contributed by atoms with Crippen LogP contribution in [0, 0.1) is 0 Å². The summed E-state index contributed by atoms with van der Waals surface area (Å²) in [5.41, 5.74) is 2.75. The lowest BCUT2D eigenvalue weighted by molar-refractivity contribution is 0.183. The zero-order valence-electron chi connectivity index (χ0n) is 10.1. The van der Waals surface area contributed by atoms with Crippen LogP contribution in [0.2, 0.25) is 5.02 Å². The first kappa shape index (κ1) is 11.8. The molecular formula is C14H14ClNO2. The van der Waals surface area contributed by atoms with Crippen LogP contribution in [0.3, 0.4) is 0 Å². The van der Waals surface area contributed by atoms with Crippen molar-refractivity contribution in [1.82, 2.24) is 5.16 Å². The quantitative estimate of drug-likeness (QED) is 0.836. The van der Waals surface area contributed by atoms with Crippen LogP contribution in [0.5, 0.6) is 0 Å². The number of ether oxygens (including phenoxy) is 1. The molecule has 0 radical (unpaired) electrons. The van der Waals surface area contributed by atoms with Gasteiger partial charge in [0, 0.05) is 24.2 Å². The number of aromatic nitrogens is 1. The van der Waals surface area contributed by atoms with Crippen molar-refractivity contribution in [2.24, 2.45) is 0 Å². The van der Waals surface area contributed by atoms with Crippen molar-refractivity contribution < 1.29 is 9.26 Å². The van der Waals surface area contributed by atoms with E-state index < -0.39 is 0 Å².